The minimum atomic E-state index is -3.20. The number of hydrogen-bond donors (Lipinski definition) is 1. The molecule has 1 heterocycles. The highest BCUT2D eigenvalue weighted by Gasteiger charge is 2.22. The summed E-state index contributed by atoms with van der Waals surface area (Å²) in [5, 5.41) is 9.40. The number of aromatic hydroxyl groups is 1. The fraction of sp³-hybridized carbons (Fsp3) is 0.160. The van der Waals surface area contributed by atoms with Crippen molar-refractivity contribution in [3.8, 4) is 11.5 Å². The highest BCUT2D eigenvalue weighted by atomic mass is 19.3. The van der Waals surface area contributed by atoms with E-state index in [1.54, 1.807) is 24.3 Å². The third-order valence-corrected chi connectivity index (χ3v) is 4.44. The second kappa shape index (κ2) is 9.35. The van der Waals surface area contributed by atoms with Crippen LogP contribution in [0.25, 0.3) is 24.3 Å². The number of phenols is 1. The summed E-state index contributed by atoms with van der Waals surface area (Å²) in [7, 11) is 0. The summed E-state index contributed by atoms with van der Waals surface area (Å²) in [6, 6.07) is 19.6. The van der Waals surface area contributed by atoms with E-state index in [1.165, 1.54) is 12.1 Å². The molecule has 3 nitrogen and oxygen atoms in total. The molecule has 30 heavy (non-hydrogen) atoms. The molecular weight excluding hydrogens is 384 g/mol. The van der Waals surface area contributed by atoms with Gasteiger partial charge in [0.15, 0.2) is 0 Å². The monoisotopic (exact) mass is 408 g/mol. The first kappa shape index (κ1) is 21.2. The van der Waals surface area contributed by atoms with Crippen LogP contribution in [0.1, 0.15) is 36.4 Å². The molecule has 0 radical (unpaired) electrons. The first-order valence-electron chi connectivity index (χ1n) is 9.69. The zero-order valence-electron chi connectivity index (χ0n) is 16.9. The SMILES string of the molecule is CC[n+]1c(/C=C/c2ccc(O)cc2)cccc1/C=C/c1ccc(OC(C)(F)F)cc1. The van der Waals surface area contributed by atoms with E-state index in [0.29, 0.717) is 6.92 Å². The van der Waals surface area contributed by atoms with Crippen molar-refractivity contribution in [2.24, 2.45) is 0 Å². The highest BCUT2D eigenvalue weighted by Crippen LogP contribution is 2.21. The van der Waals surface area contributed by atoms with Crippen molar-refractivity contribution in [3.05, 3.63) is 89.2 Å². The number of rotatable bonds is 7. The zero-order chi connectivity index (χ0) is 21.6. The maximum atomic E-state index is 12.9. The lowest BCUT2D eigenvalue weighted by atomic mass is 10.1. The van der Waals surface area contributed by atoms with Crippen molar-refractivity contribution >= 4 is 24.3 Å². The molecule has 0 aliphatic carbocycles. The number of ether oxygens (including phenoxy) is 1. The molecule has 0 spiro atoms. The van der Waals surface area contributed by atoms with E-state index in [1.807, 2.05) is 54.6 Å². The molecule has 1 N–H and O–H groups in total. The Morgan fingerprint density at radius 2 is 1.33 bits per heavy atom. The lowest BCUT2D eigenvalue weighted by Gasteiger charge is -2.12. The second-order valence-electron chi connectivity index (χ2n) is 6.86. The van der Waals surface area contributed by atoms with E-state index in [-0.39, 0.29) is 11.5 Å². The van der Waals surface area contributed by atoms with Gasteiger partial charge in [-0.15, -0.1) is 0 Å². The van der Waals surface area contributed by atoms with Crippen molar-refractivity contribution < 1.29 is 23.2 Å². The number of pyridine rings is 1. The summed E-state index contributed by atoms with van der Waals surface area (Å²) in [4.78, 5) is 0. The summed E-state index contributed by atoms with van der Waals surface area (Å²) in [5.41, 5.74) is 3.94. The molecule has 5 heteroatoms. The number of hydrogen-bond acceptors (Lipinski definition) is 2. The van der Waals surface area contributed by atoms with Crippen LogP contribution in [-0.2, 0) is 6.54 Å². The number of benzene rings is 2. The lowest BCUT2D eigenvalue weighted by molar-refractivity contribution is -0.696. The minimum Gasteiger partial charge on any atom is -0.508 e. The molecule has 0 amide bonds. The Balaban J connectivity index is 1.79. The fourth-order valence-electron chi connectivity index (χ4n) is 3.03. The quantitative estimate of drug-likeness (QED) is 0.484. The molecule has 3 aromatic rings. The molecule has 2 aromatic carbocycles. The van der Waals surface area contributed by atoms with Gasteiger partial charge >= 0.3 is 6.11 Å². The Morgan fingerprint density at radius 1 is 0.833 bits per heavy atom. The Hall–Kier alpha value is -3.47. The molecule has 3 rings (SSSR count). The van der Waals surface area contributed by atoms with Gasteiger partial charge in [0.2, 0.25) is 11.4 Å². The van der Waals surface area contributed by atoms with E-state index in [4.69, 9.17) is 0 Å². The van der Waals surface area contributed by atoms with Gasteiger partial charge in [0, 0.05) is 31.2 Å². The normalized spacial score (nSPS) is 12.0. The van der Waals surface area contributed by atoms with Crippen LogP contribution in [0.15, 0.2) is 66.7 Å². The molecule has 154 valence electrons. The number of aromatic nitrogens is 1. The van der Waals surface area contributed by atoms with Gasteiger partial charge in [-0.25, -0.2) is 0 Å². The number of halogens is 2. The number of nitrogens with zero attached hydrogens (tertiary/aromatic N) is 1. The fourth-order valence-corrected chi connectivity index (χ4v) is 3.03. The van der Waals surface area contributed by atoms with Crippen LogP contribution >= 0.6 is 0 Å². The lowest BCUT2D eigenvalue weighted by Crippen LogP contribution is -2.38. The van der Waals surface area contributed by atoms with Crippen LogP contribution in [0.4, 0.5) is 8.78 Å². The van der Waals surface area contributed by atoms with Crippen LogP contribution < -0.4 is 9.30 Å². The van der Waals surface area contributed by atoms with Gasteiger partial charge in [-0.3, -0.25) is 0 Å². The molecule has 0 fully saturated rings. The summed E-state index contributed by atoms with van der Waals surface area (Å²) in [6.45, 7) is 3.58. The summed E-state index contributed by atoms with van der Waals surface area (Å²) < 4.78 is 32.6. The Labute approximate surface area is 175 Å². The molecular formula is C25H24F2NO2+. The topological polar surface area (TPSA) is 33.3 Å². The number of phenolic OH excluding ortho intramolecular Hbond substituents is 1. The predicted octanol–water partition coefficient (Wildman–Crippen LogP) is 6.03. The van der Waals surface area contributed by atoms with Gasteiger partial charge in [0.25, 0.3) is 0 Å². The second-order valence-corrected chi connectivity index (χ2v) is 6.86. The third kappa shape index (κ3) is 6.01. The van der Waals surface area contributed by atoms with Gasteiger partial charge in [-0.05, 0) is 60.5 Å². The maximum Gasteiger partial charge on any atom is 0.394 e. The average Bonchev–Trinajstić information content (AvgIpc) is 2.71. The van der Waals surface area contributed by atoms with Crippen LogP contribution in [0, 0.1) is 0 Å². The zero-order valence-corrected chi connectivity index (χ0v) is 16.9. The minimum absolute atomic E-state index is 0.129. The first-order chi connectivity index (χ1) is 14.3. The van der Waals surface area contributed by atoms with Crippen LogP contribution in [0.2, 0.25) is 0 Å². The van der Waals surface area contributed by atoms with Crippen molar-refractivity contribution in [1.82, 2.24) is 0 Å². The Morgan fingerprint density at radius 3 is 1.80 bits per heavy atom. The summed E-state index contributed by atoms with van der Waals surface area (Å²) >= 11 is 0. The first-order valence-corrected chi connectivity index (χ1v) is 9.69. The molecule has 0 atom stereocenters. The van der Waals surface area contributed by atoms with Crippen LogP contribution in [-0.4, -0.2) is 11.2 Å². The predicted molar refractivity (Wildman–Crippen MR) is 116 cm³/mol. The van der Waals surface area contributed by atoms with Crippen LogP contribution in [0.5, 0.6) is 11.5 Å². The standard InChI is InChI=1S/C25H23F2NO2/c1-3-28-21(13-7-19-9-15-23(29)16-10-19)5-4-6-22(28)14-8-20-11-17-24(18-12-20)30-25(2,26)27/h4-18H,3H2,1-2H3/p+1/b14-8+. The van der Waals surface area contributed by atoms with E-state index in [2.05, 4.69) is 16.2 Å². The summed E-state index contributed by atoms with van der Waals surface area (Å²) in [6.07, 6.45) is 4.76. The summed E-state index contributed by atoms with van der Waals surface area (Å²) in [5.74, 6) is 0.371. The van der Waals surface area contributed by atoms with E-state index < -0.39 is 6.11 Å². The number of alkyl halides is 2. The van der Waals surface area contributed by atoms with Gasteiger partial charge < -0.3 is 9.84 Å². The van der Waals surface area contributed by atoms with Gasteiger partial charge in [-0.2, -0.15) is 13.3 Å². The molecule has 0 bridgehead atoms. The maximum absolute atomic E-state index is 12.9. The van der Waals surface area contributed by atoms with Crippen LogP contribution in [0.3, 0.4) is 0 Å². The van der Waals surface area contributed by atoms with Crippen molar-refractivity contribution in [2.45, 2.75) is 26.5 Å². The van der Waals surface area contributed by atoms with E-state index in [9.17, 15) is 13.9 Å². The van der Waals surface area contributed by atoms with Gasteiger partial charge in [0.05, 0.1) is 0 Å². The van der Waals surface area contributed by atoms with Gasteiger partial charge in [0.1, 0.15) is 18.0 Å². The smallest absolute Gasteiger partial charge is 0.394 e. The van der Waals surface area contributed by atoms with Crippen molar-refractivity contribution in [2.75, 3.05) is 0 Å². The van der Waals surface area contributed by atoms with E-state index in [0.717, 1.165) is 29.1 Å². The third-order valence-electron chi connectivity index (χ3n) is 4.44. The average molecular weight is 408 g/mol. The molecule has 0 aliphatic heterocycles. The molecule has 0 saturated heterocycles. The molecule has 1 aromatic heterocycles. The van der Waals surface area contributed by atoms with E-state index >= 15 is 0 Å². The molecule has 0 unspecified atom stereocenters. The molecule has 0 aliphatic rings. The van der Waals surface area contributed by atoms with Crippen molar-refractivity contribution in [1.29, 1.82) is 0 Å². The molecule has 0 saturated carbocycles. The Bertz CT molecular complexity index is 1030. The largest absolute Gasteiger partial charge is 0.508 e. The highest BCUT2D eigenvalue weighted by molar-refractivity contribution is 5.69. The van der Waals surface area contributed by atoms with Crippen molar-refractivity contribution in [3.63, 3.8) is 0 Å². The Kier molecular flexibility index (Phi) is 6.62. The van der Waals surface area contributed by atoms with Gasteiger partial charge in [-0.1, -0.05) is 24.3 Å².